The van der Waals surface area contributed by atoms with E-state index in [0.717, 1.165) is 5.69 Å². The quantitative estimate of drug-likeness (QED) is 0.747. The average Bonchev–Trinajstić information content (AvgIpc) is 2.71. The third-order valence-electron chi connectivity index (χ3n) is 1.60. The second kappa shape index (κ2) is 3.29. The van der Waals surface area contributed by atoms with Gasteiger partial charge in [0.15, 0.2) is 12.2 Å². The van der Waals surface area contributed by atoms with Crippen molar-refractivity contribution in [2.45, 2.75) is 5.33 Å². The van der Waals surface area contributed by atoms with Crippen LogP contribution in [-0.2, 0) is 12.4 Å². The van der Waals surface area contributed by atoms with Gasteiger partial charge in [-0.05, 0) is 0 Å². The number of hydrogen-bond donors (Lipinski definition) is 0. The van der Waals surface area contributed by atoms with Crippen molar-refractivity contribution in [1.82, 2.24) is 20.0 Å². The summed E-state index contributed by atoms with van der Waals surface area (Å²) in [6.07, 6.45) is 3.05. The molecule has 13 heavy (non-hydrogen) atoms. The van der Waals surface area contributed by atoms with Crippen LogP contribution in [0.1, 0.15) is 5.69 Å². The molecular weight excluding hydrogens is 236 g/mol. The molecule has 0 atom stereocenters. The molecule has 0 saturated heterocycles. The van der Waals surface area contributed by atoms with Gasteiger partial charge in [-0.1, -0.05) is 15.9 Å². The summed E-state index contributed by atoms with van der Waals surface area (Å²) in [6, 6.07) is 0. The smallest absolute Gasteiger partial charge is 0.181 e. The van der Waals surface area contributed by atoms with Gasteiger partial charge in [0.2, 0.25) is 0 Å². The van der Waals surface area contributed by atoms with Gasteiger partial charge in [0, 0.05) is 12.4 Å². The molecular formula is C7H7BrN4O. The molecule has 0 bridgehead atoms. The van der Waals surface area contributed by atoms with Crippen LogP contribution < -0.4 is 0 Å². The molecule has 2 heterocycles. The van der Waals surface area contributed by atoms with Crippen molar-refractivity contribution in [1.29, 1.82) is 0 Å². The predicted octanol–water partition coefficient (Wildman–Crippen LogP) is 1.36. The van der Waals surface area contributed by atoms with Crippen LogP contribution in [0.15, 0.2) is 17.0 Å². The lowest BCUT2D eigenvalue weighted by Gasteiger charge is -1.90. The molecule has 0 aliphatic carbocycles. The number of hydrogen-bond acceptors (Lipinski definition) is 4. The summed E-state index contributed by atoms with van der Waals surface area (Å²) in [7, 11) is 1.76. The molecule has 68 valence electrons. The lowest BCUT2D eigenvalue weighted by atomic mass is 10.3. The zero-order valence-corrected chi connectivity index (χ0v) is 8.52. The average molecular weight is 243 g/mol. The SMILES string of the molecule is Cn1ncc(-c2ocnc2CBr)n1. The van der Waals surface area contributed by atoms with E-state index >= 15 is 0 Å². The van der Waals surface area contributed by atoms with Crippen LogP contribution in [0, 0.1) is 0 Å². The maximum atomic E-state index is 5.20. The van der Waals surface area contributed by atoms with Gasteiger partial charge >= 0.3 is 0 Å². The van der Waals surface area contributed by atoms with Gasteiger partial charge < -0.3 is 4.42 Å². The molecule has 0 aliphatic heterocycles. The Morgan fingerprint density at radius 2 is 2.46 bits per heavy atom. The Morgan fingerprint density at radius 1 is 1.62 bits per heavy atom. The fourth-order valence-electron chi connectivity index (χ4n) is 1.02. The summed E-state index contributed by atoms with van der Waals surface area (Å²) in [6.45, 7) is 0. The second-order valence-electron chi connectivity index (χ2n) is 2.48. The van der Waals surface area contributed by atoms with Crippen molar-refractivity contribution >= 4 is 15.9 Å². The van der Waals surface area contributed by atoms with Crippen LogP contribution in [0.4, 0.5) is 0 Å². The van der Waals surface area contributed by atoms with E-state index < -0.39 is 0 Å². The van der Waals surface area contributed by atoms with Gasteiger partial charge in [-0.15, -0.1) is 0 Å². The van der Waals surface area contributed by atoms with E-state index in [4.69, 9.17) is 4.42 Å². The normalized spacial score (nSPS) is 10.6. The topological polar surface area (TPSA) is 56.7 Å². The van der Waals surface area contributed by atoms with E-state index in [9.17, 15) is 0 Å². The first kappa shape index (κ1) is 8.43. The van der Waals surface area contributed by atoms with Crippen molar-refractivity contribution in [3.05, 3.63) is 18.3 Å². The number of halogens is 1. The van der Waals surface area contributed by atoms with E-state index in [0.29, 0.717) is 16.8 Å². The fraction of sp³-hybridized carbons (Fsp3) is 0.286. The van der Waals surface area contributed by atoms with Gasteiger partial charge in [0.1, 0.15) is 5.69 Å². The summed E-state index contributed by atoms with van der Waals surface area (Å²) >= 11 is 3.31. The maximum absolute atomic E-state index is 5.20. The van der Waals surface area contributed by atoms with Crippen LogP contribution in [-0.4, -0.2) is 20.0 Å². The van der Waals surface area contributed by atoms with Gasteiger partial charge in [0.25, 0.3) is 0 Å². The Labute approximate surface area is 82.9 Å². The summed E-state index contributed by atoms with van der Waals surface area (Å²) in [5.41, 5.74) is 1.54. The number of nitrogens with zero attached hydrogens (tertiary/aromatic N) is 4. The molecule has 0 saturated carbocycles. The van der Waals surface area contributed by atoms with E-state index in [1.54, 1.807) is 13.2 Å². The first-order valence-electron chi connectivity index (χ1n) is 3.66. The van der Waals surface area contributed by atoms with Crippen LogP contribution in [0.2, 0.25) is 0 Å². The number of aromatic nitrogens is 4. The van der Waals surface area contributed by atoms with Crippen molar-refractivity contribution in [3.63, 3.8) is 0 Å². The molecule has 0 spiro atoms. The van der Waals surface area contributed by atoms with Crippen LogP contribution in [0.3, 0.4) is 0 Å². The number of rotatable bonds is 2. The third-order valence-corrected chi connectivity index (χ3v) is 2.13. The van der Waals surface area contributed by atoms with Gasteiger partial charge in [-0.3, -0.25) is 0 Å². The summed E-state index contributed by atoms with van der Waals surface area (Å²) in [5.74, 6) is 0.671. The Bertz CT molecular complexity index is 408. The number of alkyl halides is 1. The monoisotopic (exact) mass is 242 g/mol. The fourth-order valence-corrected chi connectivity index (χ4v) is 1.42. The van der Waals surface area contributed by atoms with Crippen LogP contribution in [0.25, 0.3) is 11.5 Å². The minimum absolute atomic E-state index is 0.648. The molecule has 2 aromatic rings. The highest BCUT2D eigenvalue weighted by Crippen LogP contribution is 2.21. The number of oxazole rings is 1. The van der Waals surface area contributed by atoms with Crippen LogP contribution in [0.5, 0.6) is 0 Å². The maximum Gasteiger partial charge on any atom is 0.181 e. The lowest BCUT2D eigenvalue weighted by Crippen LogP contribution is -1.92. The van der Waals surface area contributed by atoms with Gasteiger partial charge in [-0.25, -0.2) is 4.98 Å². The highest BCUT2D eigenvalue weighted by Gasteiger charge is 2.12. The second-order valence-corrected chi connectivity index (χ2v) is 3.04. The largest absolute Gasteiger partial charge is 0.441 e. The Balaban J connectivity index is 2.45. The molecule has 5 nitrogen and oxygen atoms in total. The zero-order chi connectivity index (χ0) is 9.26. The Morgan fingerprint density at radius 3 is 3.08 bits per heavy atom. The first-order chi connectivity index (χ1) is 6.31. The van der Waals surface area contributed by atoms with Crippen LogP contribution >= 0.6 is 15.9 Å². The minimum atomic E-state index is 0.648. The standard InChI is InChI=1S/C7H7BrN4O/c1-12-10-3-6(11-12)7-5(2-8)9-4-13-7/h3-4H,2H2,1H3. The lowest BCUT2D eigenvalue weighted by molar-refractivity contribution is 0.566. The molecule has 0 fully saturated rings. The zero-order valence-electron chi connectivity index (χ0n) is 6.94. The van der Waals surface area contributed by atoms with Crippen molar-refractivity contribution in [2.24, 2.45) is 7.05 Å². The molecule has 0 amide bonds. The third kappa shape index (κ3) is 1.49. The van der Waals surface area contributed by atoms with Crippen molar-refractivity contribution in [3.8, 4) is 11.5 Å². The summed E-state index contributed by atoms with van der Waals surface area (Å²) < 4.78 is 5.20. The van der Waals surface area contributed by atoms with E-state index in [-0.39, 0.29) is 0 Å². The number of aryl methyl sites for hydroxylation is 1. The summed E-state index contributed by atoms with van der Waals surface area (Å²) in [5, 5.41) is 8.71. The van der Waals surface area contributed by atoms with Gasteiger partial charge in [-0.2, -0.15) is 15.0 Å². The first-order valence-corrected chi connectivity index (χ1v) is 4.78. The predicted molar refractivity (Wildman–Crippen MR) is 49.1 cm³/mol. The highest BCUT2D eigenvalue weighted by atomic mass is 79.9. The van der Waals surface area contributed by atoms with E-state index in [1.165, 1.54) is 11.2 Å². The van der Waals surface area contributed by atoms with Gasteiger partial charge in [0.05, 0.1) is 11.9 Å². The molecule has 0 aromatic carbocycles. The molecule has 2 aromatic heterocycles. The Kier molecular flexibility index (Phi) is 2.13. The molecule has 0 aliphatic rings. The summed E-state index contributed by atoms with van der Waals surface area (Å²) in [4.78, 5) is 5.51. The highest BCUT2D eigenvalue weighted by molar-refractivity contribution is 9.08. The van der Waals surface area contributed by atoms with E-state index in [1.807, 2.05) is 0 Å². The Hall–Kier alpha value is -1.17. The molecule has 0 N–H and O–H groups in total. The molecule has 0 unspecified atom stereocenters. The molecule has 2 rings (SSSR count). The van der Waals surface area contributed by atoms with E-state index in [2.05, 4.69) is 31.1 Å². The van der Waals surface area contributed by atoms with Crippen molar-refractivity contribution in [2.75, 3.05) is 0 Å². The van der Waals surface area contributed by atoms with Crippen molar-refractivity contribution < 1.29 is 4.42 Å². The minimum Gasteiger partial charge on any atom is -0.441 e. The molecule has 6 heteroatoms. The molecule has 0 radical (unpaired) electrons.